The van der Waals surface area contributed by atoms with Crippen LogP contribution < -0.4 is 14.2 Å². The average Bonchev–Trinajstić information content (AvgIpc) is 3.45. The third-order valence-electron chi connectivity index (χ3n) is 12.7. The molecule has 0 radical (unpaired) electrons. The lowest BCUT2D eigenvalue weighted by Crippen LogP contribution is -2.64. The highest BCUT2D eigenvalue weighted by Crippen LogP contribution is 2.46. The Morgan fingerprint density at radius 1 is 0.558 bits per heavy atom. The van der Waals surface area contributed by atoms with Crippen LogP contribution >= 0.6 is 0 Å². The number of aliphatic hydroxyl groups excluding tert-OH is 9. The Kier molecular flexibility index (Phi) is 17.9. The van der Waals surface area contributed by atoms with E-state index in [1.165, 1.54) is 98.1 Å². The van der Waals surface area contributed by atoms with Gasteiger partial charge in [0, 0.05) is 29.8 Å². The summed E-state index contributed by atoms with van der Waals surface area (Å²) in [5, 5.41) is 139. The number of aliphatic hydroxyl groups is 9. The molecule has 0 aromatic heterocycles. The van der Waals surface area contributed by atoms with E-state index in [9.17, 15) is 76.0 Å². The Bertz CT molecular complexity index is 2760. The van der Waals surface area contributed by atoms with Gasteiger partial charge in [-0.05, 0) is 65.8 Å². The summed E-state index contributed by atoms with van der Waals surface area (Å²) < 4.78 is 58.1. The number of phenols is 4. The van der Waals surface area contributed by atoms with Crippen molar-refractivity contribution in [1.82, 2.24) is 0 Å². The molecule has 0 saturated carbocycles. The predicted molar refractivity (Wildman–Crippen MR) is 258 cm³/mol. The standard InChI is InChI=1S/C52H56O25/c1-68-33-16-24(4-13-30(33)57)6-15-39(59)69-21-36-41(61)44(64)47(67)51(75-36)77-49-45(65)42(62)37(22-70-38(58)14-5-23-2-9-26(54)10-3-23)76-52(49)73-34-19-29-31(71-48(34)25-7-11-27(55)12-8-25)17-28(56)18-32(29)72-50-46(66)43(63)40(60)35(20-53)74-50/h2-19,35-37,40-57,60-67H,20-22H2,1H3/b14-5+,15-6+/t35-,36-,37-,40-,41-,42-,43+,44+,45+,46-,47-,48?,49-,50-,51+,52-/m1/s1. The molecule has 0 bridgehead atoms. The molecule has 0 amide bonds. The summed E-state index contributed by atoms with van der Waals surface area (Å²) >= 11 is 0. The molecular formula is C52H56O25. The lowest BCUT2D eigenvalue weighted by atomic mass is 9.97. The molecule has 0 spiro atoms. The second-order valence-corrected chi connectivity index (χ2v) is 18.0. The summed E-state index contributed by atoms with van der Waals surface area (Å²) in [5.74, 6) is -3.15. The number of carbonyl (C=O) groups is 2. The Morgan fingerprint density at radius 2 is 1.10 bits per heavy atom. The zero-order chi connectivity index (χ0) is 55.2. The second kappa shape index (κ2) is 24.5. The zero-order valence-corrected chi connectivity index (χ0v) is 40.5. The lowest BCUT2D eigenvalue weighted by Gasteiger charge is -2.46. The molecule has 8 rings (SSSR count). The third kappa shape index (κ3) is 13.0. The first-order chi connectivity index (χ1) is 36.8. The van der Waals surface area contributed by atoms with Gasteiger partial charge in [-0.1, -0.05) is 30.3 Å². The summed E-state index contributed by atoms with van der Waals surface area (Å²) in [6.07, 6.45) is -23.3. The van der Waals surface area contributed by atoms with Crippen LogP contribution in [0.25, 0.3) is 18.2 Å². The summed E-state index contributed by atoms with van der Waals surface area (Å²) in [6, 6.07) is 17.8. The van der Waals surface area contributed by atoms with E-state index >= 15 is 0 Å². The van der Waals surface area contributed by atoms with Crippen molar-refractivity contribution in [2.75, 3.05) is 26.9 Å². The van der Waals surface area contributed by atoms with Crippen LogP contribution in [-0.2, 0) is 42.7 Å². The molecule has 25 heteroatoms. The molecule has 16 atom stereocenters. The second-order valence-electron chi connectivity index (χ2n) is 18.0. The summed E-state index contributed by atoms with van der Waals surface area (Å²) in [5.41, 5.74) is 1.18. The number of benzene rings is 4. The van der Waals surface area contributed by atoms with E-state index in [0.717, 1.165) is 18.2 Å². The van der Waals surface area contributed by atoms with Crippen molar-refractivity contribution >= 4 is 30.2 Å². The smallest absolute Gasteiger partial charge is 0.330 e. The van der Waals surface area contributed by atoms with Crippen LogP contribution in [0, 0.1) is 0 Å². The first-order valence-corrected chi connectivity index (χ1v) is 23.7. The van der Waals surface area contributed by atoms with Crippen LogP contribution in [-0.4, -0.2) is 197 Å². The lowest BCUT2D eigenvalue weighted by molar-refractivity contribution is -0.364. The maximum absolute atomic E-state index is 12.9. The molecule has 3 fully saturated rings. The number of rotatable bonds is 17. The maximum Gasteiger partial charge on any atom is 0.330 e. The number of hydrogen-bond acceptors (Lipinski definition) is 25. The zero-order valence-electron chi connectivity index (χ0n) is 40.5. The van der Waals surface area contributed by atoms with Crippen molar-refractivity contribution in [3.63, 3.8) is 0 Å². The molecule has 0 aliphatic carbocycles. The van der Waals surface area contributed by atoms with E-state index < -0.39 is 136 Å². The molecule has 414 valence electrons. The number of carbonyl (C=O) groups excluding carboxylic acids is 2. The van der Waals surface area contributed by atoms with Gasteiger partial charge in [0.05, 0.1) is 19.3 Å². The molecular weight excluding hydrogens is 1020 g/mol. The van der Waals surface area contributed by atoms with Gasteiger partial charge in [0.15, 0.2) is 30.0 Å². The number of fused-ring (bicyclic) bond motifs is 1. The highest BCUT2D eigenvalue weighted by atomic mass is 16.8. The Morgan fingerprint density at radius 3 is 1.73 bits per heavy atom. The monoisotopic (exact) mass is 1080 g/mol. The van der Waals surface area contributed by atoms with Gasteiger partial charge in [0.2, 0.25) is 12.6 Å². The minimum atomic E-state index is -2.10. The van der Waals surface area contributed by atoms with E-state index in [-0.39, 0.29) is 51.4 Å². The number of hydrogen-bond donors (Lipinski definition) is 13. The molecule has 3 saturated heterocycles. The van der Waals surface area contributed by atoms with E-state index in [4.69, 9.17) is 47.4 Å². The van der Waals surface area contributed by atoms with Crippen LogP contribution in [0.5, 0.6) is 40.2 Å². The van der Waals surface area contributed by atoms with Crippen molar-refractivity contribution < 1.29 is 123 Å². The largest absolute Gasteiger partial charge is 0.508 e. The third-order valence-corrected chi connectivity index (χ3v) is 12.7. The topological polar surface area (TPSA) is 389 Å². The van der Waals surface area contributed by atoms with E-state index in [1.807, 2.05) is 0 Å². The van der Waals surface area contributed by atoms with Crippen molar-refractivity contribution in [1.29, 1.82) is 0 Å². The maximum atomic E-state index is 12.9. The first-order valence-electron chi connectivity index (χ1n) is 23.7. The molecule has 25 nitrogen and oxygen atoms in total. The number of aromatic hydroxyl groups is 4. The molecule has 1 unspecified atom stereocenters. The van der Waals surface area contributed by atoms with Gasteiger partial charge in [-0.3, -0.25) is 0 Å². The molecule has 4 aliphatic heterocycles. The van der Waals surface area contributed by atoms with Crippen LogP contribution in [0.3, 0.4) is 0 Å². The molecule has 4 heterocycles. The predicted octanol–water partition coefficient (Wildman–Crippen LogP) is -0.660. The number of esters is 2. The minimum Gasteiger partial charge on any atom is -0.508 e. The van der Waals surface area contributed by atoms with Gasteiger partial charge in [0.1, 0.15) is 115 Å². The fraction of sp³-hybridized carbons (Fsp3) is 0.385. The summed E-state index contributed by atoms with van der Waals surface area (Å²) in [7, 11) is 1.33. The molecule has 4 aromatic rings. The fourth-order valence-corrected chi connectivity index (χ4v) is 8.47. The minimum absolute atomic E-state index is 0.0150. The molecule has 4 aliphatic rings. The van der Waals surface area contributed by atoms with Gasteiger partial charge in [-0.2, -0.15) is 0 Å². The highest BCUT2D eigenvalue weighted by Gasteiger charge is 2.53. The molecule has 13 N–H and O–H groups in total. The summed E-state index contributed by atoms with van der Waals surface area (Å²) in [4.78, 5) is 25.7. The van der Waals surface area contributed by atoms with E-state index in [0.29, 0.717) is 11.1 Å². The van der Waals surface area contributed by atoms with Crippen molar-refractivity contribution in [2.45, 2.75) is 98.2 Å². The van der Waals surface area contributed by atoms with Crippen molar-refractivity contribution in [3.05, 3.63) is 119 Å². The van der Waals surface area contributed by atoms with Gasteiger partial charge >= 0.3 is 11.9 Å². The molecule has 4 aromatic carbocycles. The normalized spacial score (nSPS) is 31.2. The van der Waals surface area contributed by atoms with Crippen LogP contribution in [0.1, 0.15) is 28.4 Å². The summed E-state index contributed by atoms with van der Waals surface area (Å²) in [6.45, 7) is -2.28. The van der Waals surface area contributed by atoms with Crippen molar-refractivity contribution in [2.24, 2.45) is 0 Å². The Labute approximate surface area is 437 Å². The first kappa shape index (κ1) is 56.1. The number of methoxy groups -OCH3 is 1. The van der Waals surface area contributed by atoms with Gasteiger partial charge in [-0.25, -0.2) is 9.59 Å². The van der Waals surface area contributed by atoms with E-state index in [1.54, 1.807) is 0 Å². The Balaban J connectivity index is 1.09. The van der Waals surface area contributed by atoms with Crippen LogP contribution in [0.2, 0.25) is 0 Å². The SMILES string of the molecule is COc1cc(/C=C/C(=O)OC[C@H]2O[C@@H](O[C@H]3[C@H](OC4=Cc5c(cc(O)cc5O[C@@H]5O[C@H](CO)[C@@H](O)[C@H](O)[C@H]5O)OC4c4ccc(O)cc4)O[C@H](COC(=O)/C=C/c4ccc(O)cc4)[C@@H](O)[C@@H]3O)[C@H](O)[C@@H](O)[C@@H]2O)ccc1O. The van der Waals surface area contributed by atoms with Gasteiger partial charge in [-0.15, -0.1) is 0 Å². The number of phenolic OH excluding ortho intramolecular Hbond substituents is 4. The average molecular weight is 1080 g/mol. The number of ether oxygens (including phenoxy) is 10. The molecule has 77 heavy (non-hydrogen) atoms. The van der Waals surface area contributed by atoms with Crippen molar-refractivity contribution in [3.8, 4) is 40.2 Å². The van der Waals surface area contributed by atoms with Gasteiger partial charge in [0.25, 0.3) is 0 Å². The quantitative estimate of drug-likeness (QED) is 0.0461. The van der Waals surface area contributed by atoms with Crippen LogP contribution in [0.15, 0.2) is 96.8 Å². The highest BCUT2D eigenvalue weighted by molar-refractivity contribution is 5.87. The Hall–Kier alpha value is -7.08. The van der Waals surface area contributed by atoms with Gasteiger partial charge < -0.3 is 114 Å². The van der Waals surface area contributed by atoms with E-state index in [2.05, 4.69) is 0 Å². The fourth-order valence-electron chi connectivity index (χ4n) is 8.47. The van der Waals surface area contributed by atoms with Crippen LogP contribution in [0.4, 0.5) is 0 Å².